The van der Waals surface area contributed by atoms with Gasteiger partial charge in [-0.2, -0.15) is 0 Å². The van der Waals surface area contributed by atoms with E-state index in [1.807, 2.05) is 77.3 Å². The first-order valence-corrected chi connectivity index (χ1v) is 9.64. The number of carbonyl (C=O) groups excluding carboxylic acids is 1. The van der Waals surface area contributed by atoms with Gasteiger partial charge in [-0.15, -0.1) is 0 Å². The number of para-hydroxylation sites is 2. The highest BCUT2D eigenvalue weighted by Gasteiger charge is 2.24. The Morgan fingerprint density at radius 1 is 1.03 bits per heavy atom. The van der Waals surface area contributed by atoms with Gasteiger partial charge in [0.25, 0.3) is 0 Å². The number of rotatable bonds is 4. The normalized spacial score (nSPS) is 11.3. The molecule has 142 valence electrons. The summed E-state index contributed by atoms with van der Waals surface area (Å²) < 4.78 is 1.86. The Hall–Kier alpha value is -3.86. The van der Waals surface area contributed by atoms with Gasteiger partial charge in [0, 0.05) is 11.8 Å². The molecule has 0 aliphatic rings. The van der Waals surface area contributed by atoms with Gasteiger partial charge in [0.1, 0.15) is 11.5 Å². The maximum atomic E-state index is 13.4. The predicted molar refractivity (Wildman–Crippen MR) is 116 cm³/mol. The lowest BCUT2D eigenvalue weighted by Crippen LogP contribution is -2.08. The van der Waals surface area contributed by atoms with E-state index in [1.54, 1.807) is 0 Å². The Morgan fingerprint density at radius 3 is 2.55 bits per heavy atom. The fourth-order valence-electron chi connectivity index (χ4n) is 3.81. The zero-order chi connectivity index (χ0) is 20.0. The van der Waals surface area contributed by atoms with Crippen molar-refractivity contribution in [3.8, 4) is 11.4 Å². The van der Waals surface area contributed by atoms with Crippen LogP contribution in [-0.2, 0) is 6.42 Å². The lowest BCUT2D eigenvalue weighted by Gasteiger charge is -2.05. The summed E-state index contributed by atoms with van der Waals surface area (Å²) in [5.74, 6) is 0.557. The van der Waals surface area contributed by atoms with E-state index >= 15 is 0 Å². The third-order valence-electron chi connectivity index (χ3n) is 5.35. The highest BCUT2D eigenvalue weighted by Crippen LogP contribution is 2.36. The molecule has 0 spiro atoms. The molecule has 0 aliphatic heterocycles. The minimum atomic E-state index is -0.103. The second-order valence-corrected chi connectivity index (χ2v) is 7.08. The van der Waals surface area contributed by atoms with Crippen molar-refractivity contribution in [3.05, 3.63) is 89.7 Å². The summed E-state index contributed by atoms with van der Waals surface area (Å²) in [5, 5.41) is 0. The number of aromatic amines is 1. The summed E-state index contributed by atoms with van der Waals surface area (Å²) in [7, 11) is 0. The molecule has 3 N–H and O–H groups in total. The Bertz CT molecular complexity index is 1330. The maximum Gasteiger partial charge on any atom is 0.211 e. The lowest BCUT2D eigenvalue weighted by atomic mass is 10.0. The summed E-state index contributed by atoms with van der Waals surface area (Å²) >= 11 is 0. The molecule has 29 heavy (non-hydrogen) atoms. The van der Waals surface area contributed by atoms with Crippen LogP contribution in [0.5, 0.6) is 0 Å². The van der Waals surface area contributed by atoms with Gasteiger partial charge < -0.3 is 15.1 Å². The molecule has 3 heterocycles. The average Bonchev–Trinajstić information content (AvgIpc) is 3.31. The molecule has 0 bridgehead atoms. The minimum absolute atomic E-state index is 0.103. The molecule has 0 saturated heterocycles. The van der Waals surface area contributed by atoms with Crippen molar-refractivity contribution < 1.29 is 4.79 Å². The Morgan fingerprint density at radius 2 is 1.79 bits per heavy atom. The second-order valence-electron chi connectivity index (χ2n) is 7.08. The van der Waals surface area contributed by atoms with Crippen LogP contribution in [0.3, 0.4) is 0 Å². The van der Waals surface area contributed by atoms with Crippen molar-refractivity contribution >= 4 is 28.0 Å². The molecular weight excluding hydrogens is 360 g/mol. The van der Waals surface area contributed by atoms with Crippen molar-refractivity contribution in [1.29, 1.82) is 0 Å². The summed E-state index contributed by atoms with van der Waals surface area (Å²) in [6, 6.07) is 21.3. The number of carbonyl (C=O) groups is 1. The van der Waals surface area contributed by atoms with Gasteiger partial charge in [0.05, 0.1) is 27.8 Å². The first-order chi connectivity index (χ1) is 14.2. The third kappa shape index (κ3) is 2.70. The van der Waals surface area contributed by atoms with E-state index in [4.69, 9.17) is 10.7 Å². The van der Waals surface area contributed by atoms with Gasteiger partial charge in [-0.1, -0.05) is 49.4 Å². The highest BCUT2D eigenvalue weighted by atomic mass is 16.1. The molecule has 0 amide bonds. The molecule has 0 atom stereocenters. The second kappa shape index (κ2) is 6.63. The van der Waals surface area contributed by atoms with Crippen LogP contribution in [0.15, 0.2) is 72.9 Å². The van der Waals surface area contributed by atoms with E-state index in [9.17, 15) is 4.79 Å². The molecule has 0 radical (unpaired) electrons. The zero-order valence-corrected chi connectivity index (χ0v) is 16.0. The first kappa shape index (κ1) is 17.3. The van der Waals surface area contributed by atoms with Crippen LogP contribution in [0.1, 0.15) is 28.5 Å². The average molecular weight is 380 g/mol. The number of anilines is 1. The number of nitrogens with one attached hydrogen (secondary N) is 1. The van der Waals surface area contributed by atoms with E-state index in [2.05, 4.69) is 11.9 Å². The largest absolute Gasteiger partial charge is 0.396 e. The SMILES string of the molecule is CCc1ccc(C(=O)c2c(N)c(-c3nc4ccccc4[nH]3)c3ccccn23)cc1. The number of benzene rings is 2. The number of nitrogens with two attached hydrogens (primary N) is 1. The molecule has 2 aromatic carbocycles. The number of H-pyrrole nitrogens is 1. The van der Waals surface area contributed by atoms with Gasteiger partial charge >= 0.3 is 0 Å². The Kier molecular flexibility index (Phi) is 3.95. The number of pyridine rings is 1. The molecular formula is C24H20N4O. The summed E-state index contributed by atoms with van der Waals surface area (Å²) in [6.07, 6.45) is 2.80. The molecule has 5 aromatic rings. The van der Waals surface area contributed by atoms with Crippen molar-refractivity contribution in [2.24, 2.45) is 0 Å². The van der Waals surface area contributed by atoms with Crippen molar-refractivity contribution in [3.63, 3.8) is 0 Å². The van der Waals surface area contributed by atoms with Gasteiger partial charge in [0.2, 0.25) is 5.78 Å². The Balaban J connectivity index is 1.72. The predicted octanol–water partition coefficient (Wildman–Crippen LogP) is 4.86. The van der Waals surface area contributed by atoms with E-state index < -0.39 is 0 Å². The monoisotopic (exact) mass is 380 g/mol. The molecule has 3 aromatic heterocycles. The van der Waals surface area contributed by atoms with Crippen molar-refractivity contribution in [2.75, 3.05) is 5.73 Å². The maximum absolute atomic E-state index is 13.4. The van der Waals surface area contributed by atoms with Gasteiger partial charge in [-0.05, 0) is 36.2 Å². The molecule has 0 saturated carbocycles. The highest BCUT2D eigenvalue weighted by molar-refractivity contribution is 6.15. The summed E-state index contributed by atoms with van der Waals surface area (Å²) in [6.45, 7) is 2.09. The number of fused-ring (bicyclic) bond motifs is 2. The number of hydrogen-bond acceptors (Lipinski definition) is 3. The minimum Gasteiger partial charge on any atom is -0.396 e. The quantitative estimate of drug-likeness (QED) is 0.437. The number of ketones is 1. The van der Waals surface area contributed by atoms with Gasteiger partial charge in [0.15, 0.2) is 0 Å². The van der Waals surface area contributed by atoms with Crippen LogP contribution in [0, 0.1) is 0 Å². The number of nitrogens with zero attached hydrogens (tertiary/aromatic N) is 2. The van der Waals surface area contributed by atoms with E-state index in [1.165, 1.54) is 5.56 Å². The van der Waals surface area contributed by atoms with E-state index in [0.717, 1.165) is 28.5 Å². The number of nitrogen functional groups attached to an aromatic ring is 1. The van der Waals surface area contributed by atoms with Crippen LogP contribution in [0.25, 0.3) is 27.9 Å². The summed E-state index contributed by atoms with van der Waals surface area (Å²) in [5.41, 5.74) is 12.6. The molecule has 5 heteroatoms. The van der Waals surface area contributed by atoms with E-state index in [-0.39, 0.29) is 5.78 Å². The van der Waals surface area contributed by atoms with Crippen LogP contribution >= 0.6 is 0 Å². The molecule has 5 rings (SSSR count). The third-order valence-corrected chi connectivity index (χ3v) is 5.35. The smallest absolute Gasteiger partial charge is 0.211 e. The van der Waals surface area contributed by atoms with Crippen molar-refractivity contribution in [2.45, 2.75) is 13.3 Å². The zero-order valence-electron chi connectivity index (χ0n) is 16.0. The van der Waals surface area contributed by atoms with Gasteiger partial charge in [-0.3, -0.25) is 4.79 Å². The number of aromatic nitrogens is 3. The Labute approximate surface area is 167 Å². The van der Waals surface area contributed by atoms with Crippen LogP contribution in [0.4, 0.5) is 5.69 Å². The fraction of sp³-hybridized carbons (Fsp3) is 0.0833. The van der Waals surface area contributed by atoms with E-state index in [0.29, 0.717) is 22.8 Å². The van der Waals surface area contributed by atoms with Gasteiger partial charge in [-0.25, -0.2) is 4.98 Å². The number of aryl methyl sites for hydroxylation is 1. The molecule has 5 nitrogen and oxygen atoms in total. The van der Waals surface area contributed by atoms with Crippen LogP contribution in [-0.4, -0.2) is 20.2 Å². The molecule has 0 unspecified atom stereocenters. The first-order valence-electron chi connectivity index (χ1n) is 9.64. The number of hydrogen-bond donors (Lipinski definition) is 2. The molecule has 0 aliphatic carbocycles. The van der Waals surface area contributed by atoms with Crippen LogP contribution in [0.2, 0.25) is 0 Å². The van der Waals surface area contributed by atoms with Crippen LogP contribution < -0.4 is 5.73 Å². The van der Waals surface area contributed by atoms with Crippen molar-refractivity contribution in [1.82, 2.24) is 14.4 Å². The fourth-order valence-corrected chi connectivity index (χ4v) is 3.81. The summed E-state index contributed by atoms with van der Waals surface area (Å²) in [4.78, 5) is 21.4. The topological polar surface area (TPSA) is 76.2 Å². The molecule has 0 fully saturated rings. The lowest BCUT2D eigenvalue weighted by molar-refractivity contribution is 0.103. The standard InChI is InChI=1S/C24H20N4O/c1-2-15-10-12-16(13-11-15)23(29)22-21(25)20(19-9-5-6-14-28(19)22)24-26-17-7-3-4-8-18(17)27-24/h3-14H,2,25H2,1H3,(H,26,27). The number of imidazole rings is 1.